The fourth-order valence-electron chi connectivity index (χ4n) is 2.04. The molecule has 3 nitrogen and oxygen atoms in total. The second kappa shape index (κ2) is 4.86. The molecule has 0 aliphatic carbocycles. The molecule has 2 aromatic carbocycles. The Labute approximate surface area is 100 Å². The average Bonchev–Trinajstić information content (AvgIpc) is 2.37. The Morgan fingerprint density at radius 1 is 1.29 bits per heavy atom. The van der Waals surface area contributed by atoms with E-state index in [2.05, 4.69) is 6.07 Å². The summed E-state index contributed by atoms with van der Waals surface area (Å²) >= 11 is 0. The molecular formula is C14H14N2O. The van der Waals surface area contributed by atoms with Crippen molar-refractivity contribution in [3.63, 3.8) is 0 Å². The van der Waals surface area contributed by atoms with Crippen molar-refractivity contribution in [2.75, 3.05) is 7.11 Å². The summed E-state index contributed by atoms with van der Waals surface area (Å²) < 4.78 is 5.33. The predicted molar refractivity (Wildman–Crippen MR) is 67.7 cm³/mol. The van der Waals surface area contributed by atoms with E-state index < -0.39 is 0 Å². The van der Waals surface area contributed by atoms with E-state index in [-0.39, 0.29) is 12.5 Å². The molecule has 0 aliphatic rings. The number of nitrogens with two attached hydrogens (primary N) is 1. The standard InChI is InChI=1S/C14H14N2O/c1-17-13-7-6-10-4-2-3-5-11(10)14(13)12(16)8-9-15/h2-7,12H,8,16H2,1H3/t12-/m0/s1. The van der Waals surface area contributed by atoms with Crippen LogP contribution >= 0.6 is 0 Å². The zero-order chi connectivity index (χ0) is 12.3. The van der Waals surface area contributed by atoms with Crippen molar-refractivity contribution < 1.29 is 4.74 Å². The predicted octanol–water partition coefficient (Wildman–Crippen LogP) is 2.76. The molecule has 1 atom stereocenters. The molecule has 0 aromatic heterocycles. The zero-order valence-electron chi connectivity index (χ0n) is 9.68. The van der Waals surface area contributed by atoms with E-state index in [9.17, 15) is 0 Å². The van der Waals surface area contributed by atoms with Crippen LogP contribution in [0.3, 0.4) is 0 Å². The van der Waals surface area contributed by atoms with Gasteiger partial charge in [0, 0.05) is 11.6 Å². The van der Waals surface area contributed by atoms with Crippen molar-refractivity contribution in [2.24, 2.45) is 5.73 Å². The molecule has 0 unspecified atom stereocenters. The molecule has 86 valence electrons. The van der Waals surface area contributed by atoms with Crippen LogP contribution in [-0.4, -0.2) is 7.11 Å². The summed E-state index contributed by atoms with van der Waals surface area (Å²) in [4.78, 5) is 0. The van der Waals surface area contributed by atoms with Crippen LogP contribution in [0.4, 0.5) is 0 Å². The molecule has 2 aromatic rings. The maximum absolute atomic E-state index is 8.76. The molecule has 0 saturated heterocycles. The van der Waals surface area contributed by atoms with Crippen molar-refractivity contribution in [1.29, 1.82) is 5.26 Å². The van der Waals surface area contributed by atoms with Crippen LogP contribution in [0.2, 0.25) is 0 Å². The number of methoxy groups -OCH3 is 1. The van der Waals surface area contributed by atoms with Crippen molar-refractivity contribution in [3.8, 4) is 11.8 Å². The van der Waals surface area contributed by atoms with Crippen molar-refractivity contribution in [2.45, 2.75) is 12.5 Å². The molecule has 2 N–H and O–H groups in total. The molecule has 2 rings (SSSR count). The Morgan fingerprint density at radius 3 is 2.76 bits per heavy atom. The van der Waals surface area contributed by atoms with Crippen molar-refractivity contribution >= 4 is 10.8 Å². The van der Waals surface area contributed by atoms with Gasteiger partial charge in [-0.15, -0.1) is 0 Å². The second-order valence-corrected chi connectivity index (χ2v) is 3.87. The fraction of sp³-hybridized carbons (Fsp3) is 0.214. The first-order valence-corrected chi connectivity index (χ1v) is 5.46. The first-order valence-electron chi connectivity index (χ1n) is 5.46. The van der Waals surface area contributed by atoms with Crippen LogP contribution < -0.4 is 10.5 Å². The number of benzene rings is 2. The Hall–Kier alpha value is -2.05. The Morgan fingerprint density at radius 2 is 2.06 bits per heavy atom. The van der Waals surface area contributed by atoms with Gasteiger partial charge in [0.2, 0.25) is 0 Å². The first-order chi connectivity index (χ1) is 8.27. The minimum atomic E-state index is -0.318. The lowest BCUT2D eigenvalue weighted by Gasteiger charge is -2.16. The fourth-order valence-corrected chi connectivity index (χ4v) is 2.04. The lowest BCUT2D eigenvalue weighted by atomic mass is 9.96. The lowest BCUT2D eigenvalue weighted by Crippen LogP contribution is -2.11. The lowest BCUT2D eigenvalue weighted by molar-refractivity contribution is 0.407. The summed E-state index contributed by atoms with van der Waals surface area (Å²) in [6, 6.07) is 13.7. The van der Waals surface area contributed by atoms with E-state index in [1.54, 1.807) is 7.11 Å². The van der Waals surface area contributed by atoms with E-state index in [0.717, 1.165) is 22.1 Å². The first kappa shape index (κ1) is 11.4. The van der Waals surface area contributed by atoms with Gasteiger partial charge < -0.3 is 10.5 Å². The number of hydrogen-bond acceptors (Lipinski definition) is 3. The van der Waals surface area contributed by atoms with Crippen LogP contribution in [0.1, 0.15) is 18.0 Å². The molecule has 17 heavy (non-hydrogen) atoms. The number of fused-ring (bicyclic) bond motifs is 1. The van der Waals surface area contributed by atoms with E-state index >= 15 is 0 Å². The molecule has 0 bridgehead atoms. The van der Waals surface area contributed by atoms with Crippen LogP contribution in [0.25, 0.3) is 10.8 Å². The van der Waals surface area contributed by atoms with Gasteiger partial charge in [-0.3, -0.25) is 0 Å². The van der Waals surface area contributed by atoms with Gasteiger partial charge >= 0.3 is 0 Å². The van der Waals surface area contributed by atoms with E-state index in [4.69, 9.17) is 15.7 Å². The Kier molecular flexibility index (Phi) is 3.27. The summed E-state index contributed by atoms with van der Waals surface area (Å²) in [7, 11) is 1.62. The maximum Gasteiger partial charge on any atom is 0.124 e. The molecule has 0 saturated carbocycles. The highest BCUT2D eigenvalue weighted by Gasteiger charge is 2.15. The van der Waals surface area contributed by atoms with E-state index in [1.807, 2.05) is 36.4 Å². The molecule has 0 radical (unpaired) electrons. The number of nitrogens with zero attached hydrogens (tertiary/aromatic N) is 1. The summed E-state index contributed by atoms with van der Waals surface area (Å²) in [5.41, 5.74) is 6.95. The second-order valence-electron chi connectivity index (χ2n) is 3.87. The summed E-state index contributed by atoms with van der Waals surface area (Å²) in [5, 5.41) is 10.9. The molecule has 0 aliphatic heterocycles. The zero-order valence-corrected chi connectivity index (χ0v) is 9.68. The van der Waals surface area contributed by atoms with Crippen molar-refractivity contribution in [1.82, 2.24) is 0 Å². The minimum absolute atomic E-state index is 0.282. The molecular weight excluding hydrogens is 212 g/mol. The van der Waals surface area contributed by atoms with Gasteiger partial charge in [-0.1, -0.05) is 30.3 Å². The quantitative estimate of drug-likeness (QED) is 0.875. The molecule has 0 fully saturated rings. The monoisotopic (exact) mass is 226 g/mol. The Bertz CT molecular complexity index is 572. The topological polar surface area (TPSA) is 59.0 Å². The number of rotatable bonds is 3. The number of hydrogen-bond donors (Lipinski definition) is 1. The summed E-state index contributed by atoms with van der Waals surface area (Å²) in [6.07, 6.45) is 0.282. The largest absolute Gasteiger partial charge is 0.496 e. The maximum atomic E-state index is 8.76. The van der Waals surface area contributed by atoms with Gasteiger partial charge in [0.15, 0.2) is 0 Å². The molecule has 0 heterocycles. The molecule has 0 amide bonds. The minimum Gasteiger partial charge on any atom is -0.496 e. The van der Waals surface area contributed by atoms with E-state index in [0.29, 0.717) is 0 Å². The van der Waals surface area contributed by atoms with Gasteiger partial charge in [-0.2, -0.15) is 5.26 Å². The van der Waals surface area contributed by atoms with Crippen LogP contribution in [-0.2, 0) is 0 Å². The van der Waals surface area contributed by atoms with Gasteiger partial charge in [-0.05, 0) is 16.8 Å². The summed E-state index contributed by atoms with van der Waals surface area (Å²) in [5.74, 6) is 0.742. The van der Waals surface area contributed by atoms with Gasteiger partial charge in [0.1, 0.15) is 5.75 Å². The van der Waals surface area contributed by atoms with Crippen LogP contribution in [0.5, 0.6) is 5.75 Å². The average molecular weight is 226 g/mol. The highest BCUT2D eigenvalue weighted by molar-refractivity contribution is 5.88. The van der Waals surface area contributed by atoms with Gasteiger partial charge in [0.05, 0.1) is 19.6 Å². The van der Waals surface area contributed by atoms with E-state index in [1.165, 1.54) is 0 Å². The Balaban J connectivity index is 2.67. The third kappa shape index (κ3) is 2.08. The number of ether oxygens (including phenoxy) is 1. The molecule has 3 heteroatoms. The van der Waals surface area contributed by atoms with Crippen LogP contribution in [0.15, 0.2) is 36.4 Å². The van der Waals surface area contributed by atoms with Crippen LogP contribution in [0, 0.1) is 11.3 Å². The van der Waals surface area contributed by atoms with Gasteiger partial charge in [-0.25, -0.2) is 0 Å². The SMILES string of the molecule is COc1ccc2ccccc2c1[C@@H](N)CC#N. The van der Waals surface area contributed by atoms with Crippen molar-refractivity contribution in [3.05, 3.63) is 42.0 Å². The normalized spacial score (nSPS) is 12.1. The highest BCUT2D eigenvalue weighted by Crippen LogP contribution is 2.33. The highest BCUT2D eigenvalue weighted by atomic mass is 16.5. The number of nitriles is 1. The van der Waals surface area contributed by atoms with Gasteiger partial charge in [0.25, 0.3) is 0 Å². The third-order valence-corrected chi connectivity index (χ3v) is 2.83. The smallest absolute Gasteiger partial charge is 0.124 e. The molecule has 0 spiro atoms. The summed E-state index contributed by atoms with van der Waals surface area (Å²) in [6.45, 7) is 0. The third-order valence-electron chi connectivity index (χ3n) is 2.83.